The van der Waals surface area contributed by atoms with Gasteiger partial charge in [-0.05, 0) is 44.7 Å². The largest absolute Gasteiger partial charge is 0.492 e. The molecule has 1 atom stereocenters. The molecule has 0 spiro atoms. The lowest BCUT2D eigenvalue weighted by atomic mass is 10.2. The van der Waals surface area contributed by atoms with Crippen LogP contribution in [-0.2, 0) is 0 Å². The van der Waals surface area contributed by atoms with Gasteiger partial charge in [0.25, 0.3) is 0 Å². The van der Waals surface area contributed by atoms with E-state index in [4.69, 9.17) is 15.7 Å². The molecule has 0 saturated heterocycles. The molecule has 5 nitrogen and oxygen atoms in total. The van der Waals surface area contributed by atoms with Gasteiger partial charge in [0.1, 0.15) is 12.4 Å². The molecular weight excluding hydrogens is 242 g/mol. The zero-order chi connectivity index (χ0) is 14.3. The van der Waals surface area contributed by atoms with E-state index in [0.29, 0.717) is 18.2 Å². The van der Waals surface area contributed by atoms with E-state index in [1.807, 2.05) is 12.1 Å². The van der Waals surface area contributed by atoms with E-state index in [1.54, 1.807) is 12.1 Å². The molecule has 3 N–H and O–H groups in total. The predicted octanol–water partition coefficient (Wildman–Crippen LogP) is 1.89. The van der Waals surface area contributed by atoms with Crippen molar-refractivity contribution in [3.63, 3.8) is 0 Å². The van der Waals surface area contributed by atoms with E-state index in [0.717, 1.165) is 18.7 Å². The van der Waals surface area contributed by atoms with Gasteiger partial charge in [-0.2, -0.15) is 0 Å². The minimum atomic E-state index is 0.100. The van der Waals surface area contributed by atoms with Gasteiger partial charge >= 0.3 is 0 Å². The number of ether oxygens (including phenoxy) is 1. The molecule has 106 valence electrons. The van der Waals surface area contributed by atoms with Crippen molar-refractivity contribution in [2.45, 2.75) is 26.3 Å². The second kappa shape index (κ2) is 7.63. The van der Waals surface area contributed by atoms with Crippen LogP contribution in [0.1, 0.15) is 25.8 Å². The van der Waals surface area contributed by atoms with E-state index in [1.165, 1.54) is 0 Å². The molecule has 0 aliphatic carbocycles. The van der Waals surface area contributed by atoms with Gasteiger partial charge < -0.3 is 20.6 Å². The van der Waals surface area contributed by atoms with Crippen LogP contribution in [-0.4, -0.2) is 42.2 Å². The summed E-state index contributed by atoms with van der Waals surface area (Å²) < 4.78 is 5.65. The fourth-order valence-electron chi connectivity index (χ4n) is 1.62. The van der Waals surface area contributed by atoms with Crippen molar-refractivity contribution >= 4 is 5.84 Å². The van der Waals surface area contributed by atoms with Crippen LogP contribution in [0.4, 0.5) is 0 Å². The number of rotatable bonds is 7. The van der Waals surface area contributed by atoms with E-state index in [-0.39, 0.29) is 5.84 Å². The SMILES string of the molecule is CCC(C)N(C)CCOc1ccc(/C(N)=N/O)cc1. The zero-order valence-electron chi connectivity index (χ0n) is 11.8. The minimum absolute atomic E-state index is 0.100. The molecule has 0 radical (unpaired) electrons. The van der Waals surface area contributed by atoms with Crippen molar-refractivity contribution in [3.05, 3.63) is 29.8 Å². The van der Waals surface area contributed by atoms with Gasteiger partial charge in [0.05, 0.1) is 0 Å². The molecule has 1 rings (SSSR count). The number of nitrogens with two attached hydrogens (primary N) is 1. The van der Waals surface area contributed by atoms with E-state index >= 15 is 0 Å². The molecular formula is C14H23N3O2. The van der Waals surface area contributed by atoms with Crippen LogP contribution in [0.3, 0.4) is 0 Å². The van der Waals surface area contributed by atoms with Crippen LogP contribution >= 0.6 is 0 Å². The first kappa shape index (κ1) is 15.3. The van der Waals surface area contributed by atoms with Crippen molar-refractivity contribution in [3.8, 4) is 5.75 Å². The highest BCUT2D eigenvalue weighted by atomic mass is 16.5. The van der Waals surface area contributed by atoms with Crippen LogP contribution in [0.25, 0.3) is 0 Å². The Hall–Kier alpha value is -1.75. The monoisotopic (exact) mass is 265 g/mol. The number of benzene rings is 1. The molecule has 0 aromatic heterocycles. The number of likely N-dealkylation sites (N-methyl/N-ethyl adjacent to an activating group) is 1. The Morgan fingerprint density at radius 2 is 2.05 bits per heavy atom. The second-order valence-electron chi connectivity index (χ2n) is 4.60. The summed E-state index contributed by atoms with van der Waals surface area (Å²) in [6.07, 6.45) is 1.13. The lowest BCUT2D eigenvalue weighted by Gasteiger charge is -2.23. The number of amidine groups is 1. The predicted molar refractivity (Wildman–Crippen MR) is 76.8 cm³/mol. The average molecular weight is 265 g/mol. The summed E-state index contributed by atoms with van der Waals surface area (Å²) in [6.45, 7) is 5.90. The lowest BCUT2D eigenvalue weighted by molar-refractivity contribution is 0.196. The maximum Gasteiger partial charge on any atom is 0.170 e. The van der Waals surface area contributed by atoms with Crippen molar-refractivity contribution in [2.75, 3.05) is 20.2 Å². The van der Waals surface area contributed by atoms with Crippen LogP contribution < -0.4 is 10.5 Å². The molecule has 0 amide bonds. The average Bonchev–Trinajstić information content (AvgIpc) is 2.46. The highest BCUT2D eigenvalue weighted by Gasteiger charge is 2.06. The van der Waals surface area contributed by atoms with Crippen LogP contribution in [0, 0.1) is 0 Å². The Morgan fingerprint density at radius 1 is 1.42 bits per heavy atom. The van der Waals surface area contributed by atoms with E-state index in [9.17, 15) is 0 Å². The van der Waals surface area contributed by atoms with Gasteiger partial charge in [-0.15, -0.1) is 0 Å². The number of hydrogen-bond acceptors (Lipinski definition) is 4. The van der Waals surface area contributed by atoms with Gasteiger partial charge in [0, 0.05) is 18.2 Å². The molecule has 0 heterocycles. The van der Waals surface area contributed by atoms with Gasteiger partial charge in [-0.25, -0.2) is 0 Å². The molecule has 0 aliphatic rings. The summed E-state index contributed by atoms with van der Waals surface area (Å²) in [7, 11) is 2.10. The number of oxime groups is 1. The first-order chi connectivity index (χ1) is 9.08. The molecule has 1 aromatic rings. The van der Waals surface area contributed by atoms with Crippen LogP contribution in [0.5, 0.6) is 5.75 Å². The molecule has 0 aliphatic heterocycles. The van der Waals surface area contributed by atoms with Gasteiger partial charge in [-0.3, -0.25) is 0 Å². The minimum Gasteiger partial charge on any atom is -0.492 e. The molecule has 1 unspecified atom stereocenters. The van der Waals surface area contributed by atoms with Gasteiger partial charge in [0.2, 0.25) is 0 Å². The second-order valence-corrected chi connectivity index (χ2v) is 4.60. The Labute approximate surface area is 114 Å². The fourth-order valence-corrected chi connectivity index (χ4v) is 1.62. The summed E-state index contributed by atoms with van der Waals surface area (Å²) in [5.74, 6) is 0.884. The van der Waals surface area contributed by atoms with Crippen molar-refractivity contribution in [1.82, 2.24) is 4.90 Å². The van der Waals surface area contributed by atoms with Crippen LogP contribution in [0.15, 0.2) is 29.4 Å². The normalized spacial score (nSPS) is 13.6. The lowest BCUT2D eigenvalue weighted by Crippen LogP contribution is -2.32. The molecule has 5 heteroatoms. The van der Waals surface area contributed by atoms with Crippen molar-refractivity contribution in [1.29, 1.82) is 0 Å². The third-order valence-corrected chi connectivity index (χ3v) is 3.31. The smallest absolute Gasteiger partial charge is 0.170 e. The quantitative estimate of drug-likeness (QED) is 0.342. The fraction of sp³-hybridized carbons (Fsp3) is 0.500. The summed E-state index contributed by atoms with van der Waals surface area (Å²) in [5, 5.41) is 11.5. The molecule has 0 fully saturated rings. The number of nitrogens with zero attached hydrogens (tertiary/aromatic N) is 2. The first-order valence-electron chi connectivity index (χ1n) is 6.49. The van der Waals surface area contributed by atoms with Crippen LogP contribution in [0.2, 0.25) is 0 Å². The molecule has 0 bridgehead atoms. The van der Waals surface area contributed by atoms with E-state index in [2.05, 4.69) is 31.0 Å². The van der Waals surface area contributed by atoms with Crippen molar-refractivity contribution in [2.24, 2.45) is 10.9 Å². The number of hydrogen-bond donors (Lipinski definition) is 2. The molecule has 0 saturated carbocycles. The highest BCUT2D eigenvalue weighted by Crippen LogP contribution is 2.12. The maximum absolute atomic E-state index is 8.56. The molecule has 1 aromatic carbocycles. The standard InChI is InChI=1S/C14H23N3O2/c1-4-11(2)17(3)9-10-19-13-7-5-12(6-8-13)14(15)16-18/h5-8,11,18H,4,9-10H2,1-3H3,(H2,15,16). The maximum atomic E-state index is 8.56. The third kappa shape index (κ3) is 4.79. The highest BCUT2D eigenvalue weighted by molar-refractivity contribution is 5.97. The first-order valence-corrected chi connectivity index (χ1v) is 6.49. The Morgan fingerprint density at radius 3 is 2.58 bits per heavy atom. The summed E-state index contributed by atoms with van der Waals surface area (Å²) in [5.41, 5.74) is 6.16. The Balaban J connectivity index is 2.42. The summed E-state index contributed by atoms with van der Waals surface area (Å²) >= 11 is 0. The Kier molecular flexibility index (Phi) is 6.15. The van der Waals surface area contributed by atoms with Crippen molar-refractivity contribution < 1.29 is 9.94 Å². The third-order valence-electron chi connectivity index (χ3n) is 3.31. The van der Waals surface area contributed by atoms with E-state index < -0.39 is 0 Å². The topological polar surface area (TPSA) is 71.1 Å². The molecule has 19 heavy (non-hydrogen) atoms. The summed E-state index contributed by atoms with van der Waals surface area (Å²) in [6, 6.07) is 7.73. The zero-order valence-corrected chi connectivity index (χ0v) is 11.8. The van der Waals surface area contributed by atoms with Gasteiger partial charge in [0.15, 0.2) is 5.84 Å². The Bertz CT molecular complexity index is 404. The van der Waals surface area contributed by atoms with Gasteiger partial charge in [-0.1, -0.05) is 12.1 Å². The summed E-state index contributed by atoms with van der Waals surface area (Å²) in [4.78, 5) is 2.27.